The fourth-order valence-corrected chi connectivity index (χ4v) is 2.16. The zero-order chi connectivity index (χ0) is 13.8. The molecule has 0 unspecified atom stereocenters. The van der Waals surface area contributed by atoms with E-state index in [0.717, 1.165) is 17.1 Å². The summed E-state index contributed by atoms with van der Waals surface area (Å²) in [5.41, 5.74) is 4.36. The molecule has 0 bridgehead atoms. The average molecular weight is 260 g/mol. The molecule has 0 fully saturated rings. The summed E-state index contributed by atoms with van der Waals surface area (Å²) in [7, 11) is 0. The van der Waals surface area contributed by atoms with Crippen LogP contribution in [0.25, 0.3) is 17.8 Å². The maximum Gasteiger partial charge on any atom is 0.0671 e. The minimum absolute atomic E-state index is 1.02. The molecular formula is C18H16N2. The summed E-state index contributed by atoms with van der Waals surface area (Å²) in [6.45, 7) is 2.01. The lowest BCUT2D eigenvalue weighted by Crippen LogP contribution is -1.98. The predicted octanol–water partition coefficient (Wildman–Crippen LogP) is 4.35. The lowest BCUT2D eigenvalue weighted by atomic mass is 10.2. The van der Waals surface area contributed by atoms with E-state index >= 15 is 0 Å². The molecule has 0 N–H and O–H groups in total. The Morgan fingerprint density at radius 3 is 2.20 bits per heavy atom. The molecule has 0 spiro atoms. The minimum atomic E-state index is 1.02. The highest BCUT2D eigenvalue weighted by molar-refractivity contribution is 5.69. The molecule has 1 aromatic heterocycles. The van der Waals surface area contributed by atoms with Gasteiger partial charge in [-0.2, -0.15) is 5.10 Å². The van der Waals surface area contributed by atoms with Gasteiger partial charge in [-0.05, 0) is 36.8 Å². The smallest absolute Gasteiger partial charge is 0.0671 e. The first-order chi connectivity index (χ1) is 9.83. The average Bonchev–Trinajstić information content (AvgIpc) is 2.88. The molecule has 0 amide bonds. The Morgan fingerprint density at radius 2 is 1.50 bits per heavy atom. The molecule has 3 rings (SSSR count). The van der Waals surface area contributed by atoms with Gasteiger partial charge in [0, 0.05) is 0 Å². The Kier molecular flexibility index (Phi) is 3.46. The normalized spacial score (nSPS) is 11.1. The molecule has 0 saturated heterocycles. The lowest BCUT2D eigenvalue weighted by molar-refractivity contribution is 0.855. The van der Waals surface area contributed by atoms with Crippen LogP contribution in [0.5, 0.6) is 0 Å². The van der Waals surface area contributed by atoms with E-state index in [1.807, 2.05) is 48.0 Å². The van der Waals surface area contributed by atoms with Crippen LogP contribution in [0.1, 0.15) is 17.0 Å². The van der Waals surface area contributed by atoms with Crippen LogP contribution in [0.3, 0.4) is 0 Å². The van der Waals surface area contributed by atoms with Crippen molar-refractivity contribution in [3.63, 3.8) is 0 Å². The van der Waals surface area contributed by atoms with Crippen LogP contribution in [0.2, 0.25) is 0 Å². The van der Waals surface area contributed by atoms with Gasteiger partial charge in [0.1, 0.15) is 0 Å². The summed E-state index contributed by atoms with van der Waals surface area (Å²) in [5.74, 6) is 0. The van der Waals surface area contributed by atoms with E-state index in [1.54, 1.807) is 0 Å². The van der Waals surface area contributed by atoms with Crippen LogP contribution >= 0.6 is 0 Å². The highest BCUT2D eigenvalue weighted by Crippen LogP contribution is 2.15. The topological polar surface area (TPSA) is 17.8 Å². The van der Waals surface area contributed by atoms with Gasteiger partial charge in [0.15, 0.2) is 0 Å². The Balaban J connectivity index is 1.97. The van der Waals surface area contributed by atoms with E-state index < -0.39 is 0 Å². The standard InChI is InChI=1S/C18H16N2/c1-15-14-18(13-12-16-8-4-2-5-9-16)20(19-15)17-10-6-3-7-11-17/h2-14H,1H3. The van der Waals surface area contributed by atoms with Crippen molar-refractivity contribution in [2.75, 3.05) is 0 Å². The number of benzene rings is 2. The molecule has 0 aliphatic rings. The second kappa shape index (κ2) is 5.57. The van der Waals surface area contributed by atoms with Crippen molar-refractivity contribution in [2.45, 2.75) is 6.92 Å². The van der Waals surface area contributed by atoms with Crippen molar-refractivity contribution in [3.05, 3.63) is 83.7 Å². The molecule has 0 radical (unpaired) electrons. The van der Waals surface area contributed by atoms with Gasteiger partial charge in [0.2, 0.25) is 0 Å². The molecule has 98 valence electrons. The Bertz CT molecular complexity index is 710. The molecule has 0 aliphatic carbocycles. The molecular weight excluding hydrogens is 244 g/mol. The van der Waals surface area contributed by atoms with Crippen molar-refractivity contribution in [3.8, 4) is 5.69 Å². The van der Waals surface area contributed by atoms with E-state index in [0.29, 0.717) is 0 Å². The van der Waals surface area contributed by atoms with Crippen LogP contribution < -0.4 is 0 Å². The number of aryl methyl sites for hydroxylation is 1. The molecule has 2 aromatic carbocycles. The number of hydrogen-bond donors (Lipinski definition) is 0. The van der Waals surface area contributed by atoms with Gasteiger partial charge in [-0.1, -0.05) is 54.6 Å². The first-order valence-electron chi connectivity index (χ1n) is 6.68. The lowest BCUT2D eigenvalue weighted by Gasteiger charge is -2.03. The summed E-state index contributed by atoms with van der Waals surface area (Å²) < 4.78 is 1.97. The van der Waals surface area contributed by atoms with E-state index in [2.05, 4.69) is 47.6 Å². The monoisotopic (exact) mass is 260 g/mol. The number of nitrogens with zero attached hydrogens (tertiary/aromatic N) is 2. The molecule has 2 heteroatoms. The predicted molar refractivity (Wildman–Crippen MR) is 83.7 cm³/mol. The molecule has 3 aromatic rings. The third-order valence-corrected chi connectivity index (χ3v) is 3.11. The van der Waals surface area contributed by atoms with E-state index in [-0.39, 0.29) is 0 Å². The van der Waals surface area contributed by atoms with Gasteiger partial charge in [-0.3, -0.25) is 0 Å². The van der Waals surface area contributed by atoms with Gasteiger partial charge in [-0.15, -0.1) is 0 Å². The number of hydrogen-bond acceptors (Lipinski definition) is 1. The summed E-state index contributed by atoms with van der Waals surface area (Å²) in [4.78, 5) is 0. The third kappa shape index (κ3) is 2.69. The van der Waals surface area contributed by atoms with Gasteiger partial charge in [0.05, 0.1) is 17.1 Å². The van der Waals surface area contributed by atoms with E-state index in [1.165, 1.54) is 5.56 Å². The molecule has 20 heavy (non-hydrogen) atoms. The largest absolute Gasteiger partial charge is 0.233 e. The fourth-order valence-electron chi connectivity index (χ4n) is 2.16. The minimum Gasteiger partial charge on any atom is -0.233 e. The Hall–Kier alpha value is -2.61. The first-order valence-corrected chi connectivity index (χ1v) is 6.68. The van der Waals surface area contributed by atoms with Gasteiger partial charge in [0.25, 0.3) is 0 Å². The maximum atomic E-state index is 4.56. The first kappa shape index (κ1) is 12.4. The Labute approximate surface area is 119 Å². The summed E-state index contributed by atoms with van der Waals surface area (Å²) in [5, 5.41) is 4.56. The summed E-state index contributed by atoms with van der Waals surface area (Å²) in [6, 6.07) is 22.6. The van der Waals surface area contributed by atoms with Crippen molar-refractivity contribution in [1.82, 2.24) is 9.78 Å². The highest BCUT2D eigenvalue weighted by atomic mass is 15.3. The van der Waals surface area contributed by atoms with Crippen molar-refractivity contribution in [2.24, 2.45) is 0 Å². The molecule has 0 atom stereocenters. The fraction of sp³-hybridized carbons (Fsp3) is 0.0556. The van der Waals surface area contributed by atoms with Crippen molar-refractivity contribution >= 4 is 12.2 Å². The van der Waals surface area contributed by atoms with E-state index in [4.69, 9.17) is 0 Å². The summed E-state index contributed by atoms with van der Waals surface area (Å²) in [6.07, 6.45) is 4.21. The zero-order valence-corrected chi connectivity index (χ0v) is 11.4. The van der Waals surface area contributed by atoms with Crippen LogP contribution in [0.15, 0.2) is 66.7 Å². The molecule has 0 saturated carbocycles. The maximum absolute atomic E-state index is 4.56. The molecule has 2 nitrogen and oxygen atoms in total. The van der Waals surface area contributed by atoms with Crippen molar-refractivity contribution in [1.29, 1.82) is 0 Å². The number of para-hydroxylation sites is 1. The number of rotatable bonds is 3. The zero-order valence-electron chi connectivity index (χ0n) is 11.4. The van der Waals surface area contributed by atoms with Crippen LogP contribution in [-0.2, 0) is 0 Å². The van der Waals surface area contributed by atoms with Gasteiger partial charge >= 0.3 is 0 Å². The summed E-state index contributed by atoms with van der Waals surface area (Å²) >= 11 is 0. The second-order valence-electron chi connectivity index (χ2n) is 4.70. The number of aromatic nitrogens is 2. The SMILES string of the molecule is Cc1cc(C=Cc2ccccc2)n(-c2ccccc2)n1. The van der Waals surface area contributed by atoms with Gasteiger partial charge < -0.3 is 0 Å². The Morgan fingerprint density at radius 1 is 0.850 bits per heavy atom. The van der Waals surface area contributed by atoms with Crippen LogP contribution in [0, 0.1) is 6.92 Å². The van der Waals surface area contributed by atoms with Crippen molar-refractivity contribution < 1.29 is 0 Å². The second-order valence-corrected chi connectivity index (χ2v) is 4.70. The highest BCUT2D eigenvalue weighted by Gasteiger charge is 2.04. The van der Waals surface area contributed by atoms with Crippen LogP contribution in [0.4, 0.5) is 0 Å². The third-order valence-electron chi connectivity index (χ3n) is 3.11. The molecule has 1 heterocycles. The van der Waals surface area contributed by atoms with Crippen LogP contribution in [-0.4, -0.2) is 9.78 Å². The molecule has 0 aliphatic heterocycles. The van der Waals surface area contributed by atoms with Gasteiger partial charge in [-0.25, -0.2) is 4.68 Å². The van der Waals surface area contributed by atoms with E-state index in [9.17, 15) is 0 Å². The quantitative estimate of drug-likeness (QED) is 0.684.